The maximum absolute atomic E-state index is 5.14. The number of hydrogen-bond donors (Lipinski definition) is 0. The summed E-state index contributed by atoms with van der Waals surface area (Å²) in [6, 6.07) is 0. The minimum Gasteiger partial charge on any atom is -0.870 e. The fourth-order valence-electron chi connectivity index (χ4n) is 0.204. The third-order valence-electron chi connectivity index (χ3n) is 0.558. The molecule has 0 spiro atoms. The summed E-state index contributed by atoms with van der Waals surface area (Å²) in [7, 11) is 5.14. The topological polar surface area (TPSA) is 60.0 Å². The molecule has 0 aliphatic rings. The van der Waals surface area contributed by atoms with Gasteiger partial charge in [0.1, 0.15) is 0 Å². The van der Waals surface area contributed by atoms with E-state index in [2.05, 4.69) is 6.92 Å². The van der Waals surface area contributed by atoms with Gasteiger partial charge in [0, 0.05) is 0 Å². The van der Waals surface area contributed by atoms with Crippen LogP contribution in [-0.2, 0) is 0 Å². The third-order valence-corrected chi connectivity index (χ3v) is 0.558. The van der Waals surface area contributed by atoms with Crippen molar-refractivity contribution in [2.75, 3.05) is 0 Å². The van der Waals surface area contributed by atoms with Crippen LogP contribution in [0.2, 0.25) is 6.32 Å². The Labute approximate surface area is 45.9 Å². The van der Waals surface area contributed by atoms with Crippen LogP contribution in [-0.4, -0.2) is 18.8 Å². The molecule has 0 aromatic rings. The fourth-order valence-corrected chi connectivity index (χ4v) is 0.204. The molecule has 2 nitrogen and oxygen atoms in total. The van der Waals surface area contributed by atoms with Crippen molar-refractivity contribution in [3.05, 3.63) is 0 Å². The van der Waals surface area contributed by atoms with Gasteiger partial charge in [-0.25, -0.2) is 0 Å². The molecule has 0 amide bonds. The van der Waals surface area contributed by atoms with Crippen molar-refractivity contribution in [2.45, 2.75) is 26.1 Å². The van der Waals surface area contributed by atoms with Gasteiger partial charge in [0.25, 0.3) is 0 Å². The number of hydrogen-bond acceptors (Lipinski definition) is 2. The number of rotatable bonds is 2. The molecule has 0 aliphatic heterocycles. The van der Waals surface area contributed by atoms with Crippen LogP contribution in [0.1, 0.15) is 19.8 Å². The van der Waals surface area contributed by atoms with E-state index in [4.69, 9.17) is 7.85 Å². The smallest absolute Gasteiger partial charge is 0.870 e. The molecule has 7 heavy (non-hydrogen) atoms. The SMILES string of the molecule is [B+2]CCCC.[OH-].[OH-]. The Morgan fingerprint density at radius 2 is 1.71 bits per heavy atom. The van der Waals surface area contributed by atoms with Gasteiger partial charge >= 0.3 is 33.9 Å². The maximum atomic E-state index is 5.14. The van der Waals surface area contributed by atoms with E-state index in [-0.39, 0.29) is 11.0 Å². The van der Waals surface area contributed by atoms with Gasteiger partial charge in [0.2, 0.25) is 0 Å². The van der Waals surface area contributed by atoms with Crippen molar-refractivity contribution < 1.29 is 11.0 Å². The molecule has 3 heteroatoms. The zero-order valence-corrected chi connectivity index (χ0v) is 4.59. The average molecular weight is 102 g/mol. The molecular formula is C4H11BO2. The van der Waals surface area contributed by atoms with E-state index in [1.54, 1.807) is 0 Å². The van der Waals surface area contributed by atoms with Crippen LogP contribution < -0.4 is 0 Å². The molecule has 42 valence electrons. The van der Waals surface area contributed by atoms with E-state index in [1.165, 1.54) is 12.8 Å². The first-order valence-corrected chi connectivity index (χ1v) is 2.12. The summed E-state index contributed by atoms with van der Waals surface area (Å²) >= 11 is 0. The molecular weight excluding hydrogens is 90.9 g/mol. The monoisotopic (exact) mass is 102 g/mol. The van der Waals surface area contributed by atoms with Crippen LogP contribution in [0.15, 0.2) is 0 Å². The largest absolute Gasteiger partial charge is 0.870 e. The van der Waals surface area contributed by atoms with Crippen molar-refractivity contribution in [1.29, 1.82) is 0 Å². The average Bonchev–Trinajstić information content (AvgIpc) is 1.41. The van der Waals surface area contributed by atoms with Gasteiger partial charge in [-0.05, 0) is 0 Å². The molecule has 0 atom stereocenters. The second-order valence-corrected chi connectivity index (χ2v) is 1.14. The summed E-state index contributed by atoms with van der Waals surface area (Å²) in [4.78, 5) is 0. The molecule has 0 fully saturated rings. The molecule has 0 heterocycles. The molecule has 0 saturated carbocycles. The van der Waals surface area contributed by atoms with Gasteiger partial charge in [-0.2, -0.15) is 0 Å². The minimum atomic E-state index is 0. The van der Waals surface area contributed by atoms with Crippen LogP contribution in [0.25, 0.3) is 0 Å². The molecule has 2 N–H and O–H groups in total. The minimum absolute atomic E-state index is 0. The molecule has 0 aromatic heterocycles. The normalized spacial score (nSPS) is 6.14. The standard InChI is InChI=1S/C4H9B.2H2O/c1-2-3-4-5;;/h2-4H2,1H3;2*1H2/q+2;;/p-2. The van der Waals surface area contributed by atoms with E-state index in [9.17, 15) is 0 Å². The molecule has 0 rings (SSSR count). The van der Waals surface area contributed by atoms with Gasteiger partial charge in [-0.15, -0.1) is 0 Å². The molecule has 0 radical (unpaired) electrons. The van der Waals surface area contributed by atoms with Crippen LogP contribution in [0.4, 0.5) is 0 Å². The molecule has 0 unspecified atom stereocenters. The van der Waals surface area contributed by atoms with Crippen LogP contribution >= 0.6 is 0 Å². The summed E-state index contributed by atoms with van der Waals surface area (Å²) in [5, 5.41) is 0. The first-order chi connectivity index (χ1) is 2.41. The third kappa shape index (κ3) is 24.1. The van der Waals surface area contributed by atoms with Gasteiger partial charge in [-0.1, -0.05) is 0 Å². The number of unbranched alkanes of at least 4 members (excludes halogenated alkanes) is 1. The van der Waals surface area contributed by atoms with Crippen molar-refractivity contribution in [2.24, 2.45) is 0 Å². The van der Waals surface area contributed by atoms with E-state index in [0.717, 1.165) is 6.32 Å². The van der Waals surface area contributed by atoms with Crippen molar-refractivity contribution in [3.63, 3.8) is 0 Å². The zero-order valence-electron chi connectivity index (χ0n) is 4.59. The quantitative estimate of drug-likeness (QED) is 0.488. The van der Waals surface area contributed by atoms with Crippen LogP contribution in [0.3, 0.4) is 0 Å². The summed E-state index contributed by atoms with van der Waals surface area (Å²) < 4.78 is 0. The predicted molar refractivity (Wildman–Crippen MR) is 29.3 cm³/mol. The zero-order chi connectivity index (χ0) is 4.12. The van der Waals surface area contributed by atoms with E-state index in [1.807, 2.05) is 0 Å². The van der Waals surface area contributed by atoms with Crippen molar-refractivity contribution in [1.82, 2.24) is 0 Å². The van der Waals surface area contributed by atoms with Gasteiger partial charge in [0.15, 0.2) is 0 Å². The second kappa shape index (κ2) is 16.7. The second-order valence-electron chi connectivity index (χ2n) is 1.14. The van der Waals surface area contributed by atoms with Gasteiger partial charge in [-0.3, -0.25) is 0 Å². The van der Waals surface area contributed by atoms with Crippen molar-refractivity contribution >= 4 is 7.85 Å². The Kier molecular flexibility index (Phi) is 37.6. The maximum Gasteiger partial charge on any atom is -0.870 e. The van der Waals surface area contributed by atoms with Crippen LogP contribution in [0.5, 0.6) is 0 Å². The van der Waals surface area contributed by atoms with E-state index < -0.39 is 0 Å². The Bertz CT molecular complexity index is 17.2. The Balaban J connectivity index is -0.0000000800. The molecule has 0 bridgehead atoms. The first-order valence-electron chi connectivity index (χ1n) is 2.12. The molecule has 0 saturated heterocycles. The summed E-state index contributed by atoms with van der Waals surface area (Å²) in [5.41, 5.74) is 0. The fraction of sp³-hybridized carbons (Fsp3) is 1.00. The van der Waals surface area contributed by atoms with E-state index in [0.29, 0.717) is 0 Å². The Morgan fingerprint density at radius 3 is 1.71 bits per heavy atom. The van der Waals surface area contributed by atoms with Crippen LogP contribution in [0, 0.1) is 0 Å². The Hall–Kier alpha value is -0.0151. The molecule has 0 aliphatic carbocycles. The molecule has 0 aromatic carbocycles. The summed E-state index contributed by atoms with van der Waals surface area (Å²) in [6.45, 7) is 2.13. The van der Waals surface area contributed by atoms with E-state index >= 15 is 0 Å². The van der Waals surface area contributed by atoms with Gasteiger partial charge in [0.05, 0.1) is 0 Å². The van der Waals surface area contributed by atoms with Crippen molar-refractivity contribution in [3.8, 4) is 0 Å². The summed E-state index contributed by atoms with van der Waals surface area (Å²) in [5.74, 6) is 0. The van der Waals surface area contributed by atoms with Gasteiger partial charge < -0.3 is 11.0 Å². The summed E-state index contributed by atoms with van der Waals surface area (Å²) in [6.07, 6.45) is 3.23. The first kappa shape index (κ1) is 15.8. The predicted octanol–water partition coefficient (Wildman–Crippen LogP) is 1.02. The Morgan fingerprint density at radius 1 is 1.29 bits per heavy atom.